The fourth-order valence-corrected chi connectivity index (χ4v) is 4.97. The molecule has 32 heavy (non-hydrogen) atoms. The van der Waals surface area contributed by atoms with Crippen LogP contribution in [0.1, 0.15) is 12.8 Å². The Labute approximate surface area is 190 Å². The van der Waals surface area contributed by atoms with Crippen LogP contribution in [0.2, 0.25) is 0 Å². The monoisotopic (exact) mass is 455 g/mol. The predicted molar refractivity (Wildman–Crippen MR) is 122 cm³/mol. The van der Waals surface area contributed by atoms with Crippen LogP contribution >= 0.6 is 11.8 Å². The molecular formula is C23H25N3O5S. The molecule has 4 rings (SSSR count). The van der Waals surface area contributed by atoms with Gasteiger partial charge in [0.2, 0.25) is 17.7 Å². The van der Waals surface area contributed by atoms with Gasteiger partial charge in [-0.1, -0.05) is 12.1 Å². The summed E-state index contributed by atoms with van der Waals surface area (Å²) >= 11 is 1.28. The Morgan fingerprint density at radius 1 is 1.06 bits per heavy atom. The number of rotatable bonds is 5. The molecule has 2 heterocycles. The molecule has 8 nitrogen and oxygen atoms in total. The number of amides is 3. The third-order valence-corrected chi connectivity index (χ3v) is 6.94. The molecule has 2 aromatic rings. The van der Waals surface area contributed by atoms with Gasteiger partial charge in [-0.05, 0) is 37.1 Å². The molecule has 0 spiro atoms. The molecule has 1 saturated heterocycles. The number of ether oxygens (including phenoxy) is 2. The van der Waals surface area contributed by atoms with E-state index >= 15 is 0 Å². The van der Waals surface area contributed by atoms with Crippen molar-refractivity contribution in [2.45, 2.75) is 23.0 Å². The second-order valence-corrected chi connectivity index (χ2v) is 8.79. The second kappa shape index (κ2) is 9.52. The zero-order valence-electron chi connectivity index (χ0n) is 17.9. The van der Waals surface area contributed by atoms with Gasteiger partial charge in [0.05, 0.1) is 19.9 Å². The van der Waals surface area contributed by atoms with E-state index in [0.717, 1.165) is 10.6 Å². The lowest BCUT2D eigenvalue weighted by molar-refractivity contribution is -0.136. The van der Waals surface area contributed by atoms with Gasteiger partial charge < -0.3 is 25.0 Å². The number of piperidine rings is 1. The van der Waals surface area contributed by atoms with Crippen molar-refractivity contribution in [1.82, 2.24) is 4.90 Å². The van der Waals surface area contributed by atoms with E-state index in [1.54, 1.807) is 37.3 Å². The maximum atomic E-state index is 13.0. The minimum absolute atomic E-state index is 0.0944. The summed E-state index contributed by atoms with van der Waals surface area (Å²) in [7, 11) is 3.10. The average Bonchev–Trinajstić information content (AvgIpc) is 2.83. The maximum absolute atomic E-state index is 13.0. The summed E-state index contributed by atoms with van der Waals surface area (Å²) in [4.78, 5) is 40.7. The minimum Gasteiger partial charge on any atom is -0.493 e. The molecule has 2 N–H and O–H groups in total. The lowest BCUT2D eigenvalue weighted by atomic mass is 9.95. The van der Waals surface area contributed by atoms with Crippen LogP contribution in [-0.2, 0) is 14.4 Å². The van der Waals surface area contributed by atoms with Crippen molar-refractivity contribution in [3.8, 4) is 11.5 Å². The third kappa shape index (κ3) is 4.52. The zero-order valence-corrected chi connectivity index (χ0v) is 18.7. The molecule has 1 atom stereocenters. The van der Waals surface area contributed by atoms with Crippen LogP contribution in [0.4, 0.5) is 11.4 Å². The first-order valence-corrected chi connectivity index (χ1v) is 11.3. The molecular weight excluding hydrogens is 430 g/mol. The summed E-state index contributed by atoms with van der Waals surface area (Å²) in [5.41, 5.74) is 1.36. The highest BCUT2D eigenvalue weighted by atomic mass is 32.2. The Morgan fingerprint density at radius 2 is 1.78 bits per heavy atom. The van der Waals surface area contributed by atoms with Crippen molar-refractivity contribution in [2.75, 3.05) is 37.9 Å². The van der Waals surface area contributed by atoms with E-state index in [0.29, 0.717) is 43.1 Å². The number of hydrogen-bond acceptors (Lipinski definition) is 6. The first-order valence-electron chi connectivity index (χ1n) is 10.4. The fourth-order valence-electron chi connectivity index (χ4n) is 3.90. The summed E-state index contributed by atoms with van der Waals surface area (Å²) in [5.74, 6) is 0.316. The van der Waals surface area contributed by atoms with Gasteiger partial charge in [0.1, 0.15) is 0 Å². The Kier molecular flexibility index (Phi) is 6.55. The van der Waals surface area contributed by atoms with E-state index in [1.165, 1.54) is 11.8 Å². The Morgan fingerprint density at radius 3 is 2.50 bits per heavy atom. The van der Waals surface area contributed by atoms with E-state index in [4.69, 9.17) is 9.47 Å². The summed E-state index contributed by atoms with van der Waals surface area (Å²) < 4.78 is 10.5. The molecule has 1 fully saturated rings. The smallest absolute Gasteiger partial charge is 0.247 e. The Balaban J connectivity index is 1.33. The van der Waals surface area contributed by atoms with E-state index in [9.17, 15) is 14.4 Å². The van der Waals surface area contributed by atoms with Crippen LogP contribution in [0.5, 0.6) is 11.5 Å². The van der Waals surface area contributed by atoms with Crippen molar-refractivity contribution in [3.05, 3.63) is 42.5 Å². The summed E-state index contributed by atoms with van der Waals surface area (Å²) in [6.07, 6.45) is 1.08. The normalized spacial score (nSPS) is 18.4. The van der Waals surface area contributed by atoms with Crippen molar-refractivity contribution >= 4 is 40.9 Å². The van der Waals surface area contributed by atoms with E-state index in [2.05, 4.69) is 10.6 Å². The number of fused-ring (bicyclic) bond motifs is 1. The summed E-state index contributed by atoms with van der Waals surface area (Å²) in [6.45, 7) is 0.879. The number of methoxy groups -OCH3 is 2. The van der Waals surface area contributed by atoms with E-state index in [-0.39, 0.29) is 23.6 Å². The highest BCUT2D eigenvalue weighted by molar-refractivity contribution is 8.01. The molecule has 0 aliphatic carbocycles. The molecule has 2 aromatic carbocycles. The van der Waals surface area contributed by atoms with Crippen LogP contribution in [-0.4, -0.2) is 55.2 Å². The van der Waals surface area contributed by atoms with E-state index in [1.807, 2.05) is 24.3 Å². The Hall–Kier alpha value is -3.20. The predicted octanol–water partition coefficient (Wildman–Crippen LogP) is 2.99. The quantitative estimate of drug-likeness (QED) is 0.673. The van der Waals surface area contributed by atoms with Gasteiger partial charge in [0, 0.05) is 35.7 Å². The molecule has 0 saturated carbocycles. The van der Waals surface area contributed by atoms with Crippen molar-refractivity contribution in [3.63, 3.8) is 0 Å². The third-order valence-electron chi connectivity index (χ3n) is 5.68. The molecule has 0 radical (unpaired) electrons. The van der Waals surface area contributed by atoms with Gasteiger partial charge in [-0.2, -0.15) is 0 Å². The van der Waals surface area contributed by atoms with Crippen molar-refractivity contribution in [2.24, 2.45) is 5.92 Å². The molecule has 0 bridgehead atoms. The van der Waals surface area contributed by atoms with Gasteiger partial charge in [-0.25, -0.2) is 0 Å². The van der Waals surface area contributed by atoms with Crippen molar-refractivity contribution < 1.29 is 23.9 Å². The molecule has 9 heteroatoms. The SMILES string of the molecule is COc1ccc(NC(=O)C2CCN(C(=O)C3Sc4ccccc4NC3=O)CC2)cc1OC. The highest BCUT2D eigenvalue weighted by Gasteiger charge is 2.37. The average molecular weight is 456 g/mol. The molecule has 2 aliphatic rings. The highest BCUT2D eigenvalue weighted by Crippen LogP contribution is 2.36. The number of likely N-dealkylation sites (tertiary alicyclic amines) is 1. The van der Waals surface area contributed by atoms with Crippen LogP contribution in [0.3, 0.4) is 0 Å². The number of benzene rings is 2. The van der Waals surface area contributed by atoms with E-state index < -0.39 is 5.25 Å². The van der Waals surface area contributed by atoms with Gasteiger partial charge in [-0.3, -0.25) is 14.4 Å². The number of nitrogens with zero attached hydrogens (tertiary/aromatic N) is 1. The van der Waals surface area contributed by atoms with Crippen LogP contribution < -0.4 is 20.1 Å². The number of anilines is 2. The van der Waals surface area contributed by atoms with Crippen LogP contribution in [0.15, 0.2) is 47.4 Å². The van der Waals surface area contributed by atoms with Gasteiger partial charge in [-0.15, -0.1) is 11.8 Å². The van der Waals surface area contributed by atoms with Crippen molar-refractivity contribution in [1.29, 1.82) is 0 Å². The zero-order chi connectivity index (χ0) is 22.7. The number of carbonyl (C=O) groups is 3. The fraction of sp³-hybridized carbons (Fsp3) is 0.348. The Bertz CT molecular complexity index is 1040. The standard InChI is InChI=1S/C23H25N3O5S/c1-30-17-8-7-15(13-18(17)31-2)24-21(27)14-9-11-26(12-10-14)23(29)20-22(28)25-16-5-3-4-6-19(16)32-20/h3-8,13-14,20H,9-12H2,1-2H3,(H,24,27)(H,25,28). The molecule has 0 aromatic heterocycles. The van der Waals surface area contributed by atoms with Gasteiger partial charge in [0.15, 0.2) is 16.7 Å². The maximum Gasteiger partial charge on any atom is 0.247 e. The van der Waals surface area contributed by atoms with Gasteiger partial charge >= 0.3 is 0 Å². The molecule has 2 aliphatic heterocycles. The summed E-state index contributed by atoms with van der Waals surface area (Å²) in [5, 5.41) is 4.92. The molecule has 1 unspecified atom stereocenters. The number of para-hydroxylation sites is 1. The topological polar surface area (TPSA) is 97.0 Å². The lowest BCUT2D eigenvalue weighted by Crippen LogP contribution is -2.48. The molecule has 3 amide bonds. The second-order valence-electron chi connectivity index (χ2n) is 7.64. The first-order chi connectivity index (χ1) is 15.5. The number of thioether (sulfide) groups is 1. The number of hydrogen-bond donors (Lipinski definition) is 2. The molecule has 168 valence electrons. The summed E-state index contributed by atoms with van der Waals surface area (Å²) in [6, 6.07) is 12.7. The number of carbonyl (C=O) groups excluding carboxylic acids is 3. The number of nitrogens with one attached hydrogen (secondary N) is 2. The minimum atomic E-state index is -0.804. The van der Waals surface area contributed by atoms with Crippen LogP contribution in [0, 0.1) is 5.92 Å². The first kappa shape index (κ1) is 22.0. The van der Waals surface area contributed by atoms with Crippen LogP contribution in [0.25, 0.3) is 0 Å². The van der Waals surface area contributed by atoms with Gasteiger partial charge in [0.25, 0.3) is 0 Å². The largest absolute Gasteiger partial charge is 0.493 e. The lowest BCUT2D eigenvalue weighted by Gasteiger charge is -2.34.